The predicted octanol–water partition coefficient (Wildman–Crippen LogP) is 4.73. The zero-order chi connectivity index (χ0) is 24.9. The Morgan fingerprint density at radius 3 is 2.74 bits per heavy atom. The quantitative estimate of drug-likeness (QED) is 0.445. The molecule has 0 aliphatic carbocycles. The molecule has 0 amide bonds. The van der Waals surface area contributed by atoms with E-state index in [9.17, 15) is 4.79 Å². The maximum Gasteiger partial charge on any atom is 0.261 e. The van der Waals surface area contributed by atoms with Crippen molar-refractivity contribution in [2.24, 2.45) is 0 Å². The van der Waals surface area contributed by atoms with E-state index in [1.807, 2.05) is 36.1 Å². The van der Waals surface area contributed by atoms with Crippen molar-refractivity contribution in [1.29, 1.82) is 0 Å². The van der Waals surface area contributed by atoms with Crippen molar-refractivity contribution >= 4 is 22.3 Å². The highest BCUT2D eigenvalue weighted by atomic mass is 19.1. The first kappa shape index (κ1) is 25.1. The fourth-order valence-corrected chi connectivity index (χ4v) is 4.59. The van der Waals surface area contributed by atoms with Crippen LogP contribution in [-0.2, 0) is 4.74 Å². The summed E-state index contributed by atoms with van der Waals surface area (Å²) in [5, 5.41) is 3.95. The van der Waals surface area contributed by atoms with Crippen molar-refractivity contribution in [3.8, 4) is 5.75 Å². The minimum atomic E-state index is -0.416. The van der Waals surface area contributed by atoms with E-state index >= 15 is 4.39 Å². The molecule has 0 bridgehead atoms. The lowest BCUT2D eigenvalue weighted by Gasteiger charge is -2.27. The summed E-state index contributed by atoms with van der Waals surface area (Å²) in [6.07, 6.45) is 4.01. The van der Waals surface area contributed by atoms with Crippen molar-refractivity contribution in [3.63, 3.8) is 0 Å². The van der Waals surface area contributed by atoms with Crippen molar-refractivity contribution in [1.82, 2.24) is 14.9 Å². The van der Waals surface area contributed by atoms with Gasteiger partial charge in [-0.05, 0) is 68.6 Å². The van der Waals surface area contributed by atoms with Gasteiger partial charge in [0.15, 0.2) is 11.6 Å². The van der Waals surface area contributed by atoms with E-state index in [4.69, 9.17) is 9.47 Å². The van der Waals surface area contributed by atoms with E-state index in [1.54, 1.807) is 17.0 Å². The number of rotatable bonds is 9. The summed E-state index contributed by atoms with van der Waals surface area (Å²) in [5.74, 6) is -0.213. The second-order valence-electron chi connectivity index (χ2n) is 9.42. The van der Waals surface area contributed by atoms with Crippen molar-refractivity contribution in [2.75, 3.05) is 38.3 Å². The number of hydrogen-bond donors (Lipinski definition) is 1. The number of ether oxygens (including phenoxy) is 2. The Hall–Kier alpha value is -2.97. The molecule has 0 saturated carbocycles. The van der Waals surface area contributed by atoms with Crippen LogP contribution in [0.5, 0.6) is 5.75 Å². The van der Waals surface area contributed by atoms with E-state index in [0.29, 0.717) is 42.4 Å². The zero-order valence-electron chi connectivity index (χ0n) is 21.0. The molecule has 35 heavy (non-hydrogen) atoms. The summed E-state index contributed by atoms with van der Waals surface area (Å²) in [6, 6.07) is 9.53. The van der Waals surface area contributed by atoms with Gasteiger partial charge in [-0.2, -0.15) is 0 Å². The van der Waals surface area contributed by atoms with Gasteiger partial charge in [0.2, 0.25) is 0 Å². The number of fused-ring (bicyclic) bond motifs is 1. The Morgan fingerprint density at radius 1 is 1.26 bits per heavy atom. The molecular weight excluding hydrogens is 447 g/mol. The minimum Gasteiger partial charge on any atom is -0.494 e. The fraction of sp³-hybridized carbons (Fsp3) is 0.481. The minimum absolute atomic E-state index is 0.0764. The number of aromatic nitrogens is 2. The van der Waals surface area contributed by atoms with Crippen molar-refractivity contribution in [3.05, 3.63) is 58.4 Å². The van der Waals surface area contributed by atoms with E-state index in [2.05, 4.69) is 24.1 Å². The van der Waals surface area contributed by atoms with E-state index in [-0.39, 0.29) is 17.4 Å². The number of anilines is 2. The van der Waals surface area contributed by atoms with Gasteiger partial charge in [-0.1, -0.05) is 13.8 Å². The van der Waals surface area contributed by atoms with Gasteiger partial charge >= 0.3 is 0 Å². The van der Waals surface area contributed by atoms with Crippen LogP contribution in [0.4, 0.5) is 15.8 Å². The van der Waals surface area contributed by atoms with Crippen LogP contribution in [0, 0.1) is 12.7 Å². The Kier molecular flexibility index (Phi) is 8.03. The molecule has 1 saturated heterocycles. The molecule has 1 aliphatic rings. The normalized spacial score (nSPS) is 14.6. The van der Waals surface area contributed by atoms with Gasteiger partial charge in [0.1, 0.15) is 0 Å². The van der Waals surface area contributed by atoms with Gasteiger partial charge in [0, 0.05) is 37.5 Å². The third-order valence-electron chi connectivity index (χ3n) is 6.45. The van der Waals surface area contributed by atoms with E-state index in [1.165, 1.54) is 7.11 Å². The highest BCUT2D eigenvalue weighted by Crippen LogP contribution is 2.35. The molecular formula is C27H35FN4O3. The van der Waals surface area contributed by atoms with Gasteiger partial charge < -0.3 is 19.7 Å². The highest BCUT2D eigenvalue weighted by Gasteiger charge is 2.21. The third-order valence-corrected chi connectivity index (χ3v) is 6.45. The van der Waals surface area contributed by atoms with Crippen LogP contribution >= 0.6 is 0 Å². The van der Waals surface area contributed by atoms with Crippen LogP contribution in [0.3, 0.4) is 0 Å². The average molecular weight is 483 g/mol. The van der Waals surface area contributed by atoms with Crippen LogP contribution in [0.2, 0.25) is 0 Å². The molecule has 7 nitrogen and oxygen atoms in total. The molecule has 3 aromatic rings. The lowest BCUT2D eigenvalue weighted by Crippen LogP contribution is -2.30. The SMILES string of the molecule is COc1cc(C)cc(N(CCCNC(C)C)c2ccc3ncn(C4CCOCC4)c(=O)c3c2)c1F. The molecule has 8 heteroatoms. The van der Waals surface area contributed by atoms with Crippen LogP contribution in [0.25, 0.3) is 10.9 Å². The van der Waals surface area contributed by atoms with Crippen LogP contribution in [0.15, 0.2) is 41.5 Å². The summed E-state index contributed by atoms with van der Waals surface area (Å²) in [7, 11) is 1.47. The van der Waals surface area contributed by atoms with Gasteiger partial charge in [0.25, 0.3) is 5.56 Å². The maximum absolute atomic E-state index is 15.5. The topological polar surface area (TPSA) is 68.6 Å². The molecule has 2 aromatic carbocycles. The molecule has 4 rings (SSSR count). The summed E-state index contributed by atoms with van der Waals surface area (Å²) in [6.45, 7) is 8.77. The molecule has 1 N–H and O–H groups in total. The highest BCUT2D eigenvalue weighted by molar-refractivity contribution is 5.83. The van der Waals surface area contributed by atoms with Gasteiger partial charge in [-0.15, -0.1) is 0 Å². The Morgan fingerprint density at radius 2 is 2.03 bits per heavy atom. The molecule has 0 spiro atoms. The van der Waals surface area contributed by atoms with Crippen LogP contribution in [-0.4, -0.2) is 49.0 Å². The molecule has 0 atom stereocenters. The third kappa shape index (κ3) is 5.65. The number of nitrogens with zero attached hydrogens (tertiary/aromatic N) is 3. The summed E-state index contributed by atoms with van der Waals surface area (Å²) in [5.41, 5.74) is 2.63. The molecule has 1 aromatic heterocycles. The summed E-state index contributed by atoms with van der Waals surface area (Å²) in [4.78, 5) is 19.9. The number of aryl methyl sites for hydroxylation is 1. The van der Waals surface area contributed by atoms with Gasteiger partial charge in [-0.3, -0.25) is 9.36 Å². The molecule has 1 aliphatic heterocycles. The maximum atomic E-state index is 15.5. The second-order valence-corrected chi connectivity index (χ2v) is 9.42. The van der Waals surface area contributed by atoms with E-state index < -0.39 is 5.82 Å². The molecule has 0 unspecified atom stereocenters. The summed E-state index contributed by atoms with van der Waals surface area (Å²) < 4.78 is 27.9. The monoisotopic (exact) mass is 482 g/mol. The number of benzene rings is 2. The van der Waals surface area contributed by atoms with Gasteiger partial charge in [0.05, 0.1) is 30.0 Å². The fourth-order valence-electron chi connectivity index (χ4n) is 4.59. The number of halogens is 1. The Balaban J connectivity index is 1.76. The summed E-state index contributed by atoms with van der Waals surface area (Å²) >= 11 is 0. The van der Waals surface area contributed by atoms with Crippen LogP contribution in [0.1, 0.15) is 44.7 Å². The lowest BCUT2D eigenvalue weighted by molar-refractivity contribution is 0.0685. The number of methoxy groups -OCH3 is 1. The van der Waals surface area contributed by atoms with Crippen molar-refractivity contribution in [2.45, 2.75) is 52.1 Å². The molecule has 2 heterocycles. The standard InChI is InChI=1S/C27H35FN4O3/c1-18(2)29-10-5-11-31(24-14-19(3)15-25(34-4)26(24)28)21-6-7-23-22(16-21)27(33)32(17-30-23)20-8-12-35-13-9-20/h6-7,14-18,20,29H,5,8-13H2,1-4H3. The van der Waals surface area contributed by atoms with Crippen LogP contribution < -0.4 is 20.5 Å². The average Bonchev–Trinajstić information content (AvgIpc) is 2.86. The Bertz CT molecular complexity index is 1220. The first-order valence-electron chi connectivity index (χ1n) is 12.3. The number of nitrogens with one attached hydrogen (secondary N) is 1. The zero-order valence-corrected chi connectivity index (χ0v) is 21.0. The predicted molar refractivity (Wildman–Crippen MR) is 138 cm³/mol. The molecule has 188 valence electrons. The lowest BCUT2D eigenvalue weighted by atomic mass is 10.1. The first-order chi connectivity index (χ1) is 16.9. The van der Waals surface area contributed by atoms with Gasteiger partial charge in [-0.25, -0.2) is 9.37 Å². The first-order valence-corrected chi connectivity index (χ1v) is 12.3. The van der Waals surface area contributed by atoms with E-state index in [0.717, 1.165) is 37.1 Å². The smallest absolute Gasteiger partial charge is 0.261 e. The van der Waals surface area contributed by atoms with Crippen molar-refractivity contribution < 1.29 is 13.9 Å². The second kappa shape index (κ2) is 11.2. The molecule has 1 fully saturated rings. The largest absolute Gasteiger partial charge is 0.494 e. The molecule has 0 radical (unpaired) electrons. The number of hydrogen-bond acceptors (Lipinski definition) is 6. The Labute approximate surface area is 205 Å².